The standard InChI is InChI=1S/C27H28FN7O2/c1-18-8-7-9-20(16-18)35(24(19-12-14-29-15-13-19)26(37)30-27(2,3)4)23(36)17-34-32-25(31-33-34)21-10-5-6-11-22(21)28/h5-16,24H,17H2,1-4H3,(H,30,37)/t24-/m1/s1. The molecule has 4 rings (SSSR count). The maximum Gasteiger partial charge on any atom is 0.251 e. The normalized spacial score (nSPS) is 12.1. The molecule has 190 valence electrons. The molecule has 2 amide bonds. The first-order valence-electron chi connectivity index (χ1n) is 11.8. The number of anilines is 1. The van der Waals surface area contributed by atoms with Crippen molar-refractivity contribution in [3.05, 3.63) is 90.0 Å². The van der Waals surface area contributed by atoms with Crippen LogP contribution in [0.15, 0.2) is 73.1 Å². The van der Waals surface area contributed by atoms with Gasteiger partial charge in [-0.25, -0.2) is 4.39 Å². The lowest BCUT2D eigenvalue weighted by Gasteiger charge is -2.33. The van der Waals surface area contributed by atoms with E-state index in [0.29, 0.717) is 11.3 Å². The van der Waals surface area contributed by atoms with Gasteiger partial charge in [0.15, 0.2) is 0 Å². The number of halogens is 1. The van der Waals surface area contributed by atoms with Gasteiger partial charge in [-0.2, -0.15) is 4.80 Å². The summed E-state index contributed by atoms with van der Waals surface area (Å²) in [6.07, 6.45) is 3.15. The molecule has 0 radical (unpaired) electrons. The van der Waals surface area contributed by atoms with E-state index in [1.165, 1.54) is 17.0 Å². The fraction of sp³-hybridized carbons (Fsp3) is 0.259. The number of hydrogen-bond donors (Lipinski definition) is 1. The molecular formula is C27H28FN7O2. The van der Waals surface area contributed by atoms with Crippen LogP contribution in [-0.4, -0.2) is 42.5 Å². The summed E-state index contributed by atoms with van der Waals surface area (Å²) < 4.78 is 14.2. The molecule has 0 aliphatic rings. The molecule has 2 aromatic carbocycles. The van der Waals surface area contributed by atoms with Gasteiger partial charge in [0.1, 0.15) is 18.4 Å². The summed E-state index contributed by atoms with van der Waals surface area (Å²) in [6.45, 7) is 7.20. The van der Waals surface area contributed by atoms with Crippen molar-refractivity contribution in [2.45, 2.75) is 45.8 Å². The Kier molecular flexibility index (Phi) is 7.37. The molecular weight excluding hydrogens is 473 g/mol. The summed E-state index contributed by atoms with van der Waals surface area (Å²) in [5.74, 6) is -1.24. The minimum Gasteiger partial charge on any atom is -0.349 e. The van der Waals surface area contributed by atoms with Crippen molar-refractivity contribution in [1.29, 1.82) is 0 Å². The number of carbonyl (C=O) groups excluding carboxylic acids is 2. The summed E-state index contributed by atoms with van der Waals surface area (Å²) >= 11 is 0. The summed E-state index contributed by atoms with van der Waals surface area (Å²) in [4.78, 5) is 34.1. The number of pyridine rings is 1. The Morgan fingerprint density at radius 2 is 1.78 bits per heavy atom. The lowest BCUT2D eigenvalue weighted by Crippen LogP contribution is -2.50. The van der Waals surface area contributed by atoms with Crippen molar-refractivity contribution in [3.8, 4) is 11.4 Å². The Balaban J connectivity index is 1.74. The van der Waals surface area contributed by atoms with E-state index in [0.717, 1.165) is 10.4 Å². The van der Waals surface area contributed by atoms with Gasteiger partial charge in [0.25, 0.3) is 5.91 Å². The Morgan fingerprint density at radius 3 is 2.46 bits per heavy atom. The van der Waals surface area contributed by atoms with Crippen LogP contribution in [-0.2, 0) is 16.1 Å². The van der Waals surface area contributed by atoms with E-state index in [9.17, 15) is 14.0 Å². The molecule has 0 bridgehead atoms. The highest BCUT2D eigenvalue weighted by molar-refractivity contribution is 6.01. The van der Waals surface area contributed by atoms with Crippen LogP contribution in [0.25, 0.3) is 11.4 Å². The Labute approximate surface area is 214 Å². The highest BCUT2D eigenvalue weighted by atomic mass is 19.1. The Morgan fingerprint density at radius 1 is 1.05 bits per heavy atom. The summed E-state index contributed by atoms with van der Waals surface area (Å²) in [5, 5.41) is 15.1. The fourth-order valence-corrected chi connectivity index (χ4v) is 3.87. The number of tetrazole rings is 1. The van der Waals surface area contributed by atoms with Crippen molar-refractivity contribution >= 4 is 17.5 Å². The van der Waals surface area contributed by atoms with E-state index in [4.69, 9.17) is 0 Å². The maximum absolute atomic E-state index is 14.2. The molecule has 0 aliphatic heterocycles. The number of hydrogen-bond acceptors (Lipinski definition) is 6. The zero-order chi connectivity index (χ0) is 26.6. The number of nitrogens with one attached hydrogen (secondary N) is 1. The molecule has 9 nitrogen and oxygen atoms in total. The van der Waals surface area contributed by atoms with Crippen molar-refractivity contribution in [2.75, 3.05) is 4.90 Å². The number of aryl methyl sites for hydroxylation is 1. The first-order valence-corrected chi connectivity index (χ1v) is 11.8. The van der Waals surface area contributed by atoms with Gasteiger partial charge >= 0.3 is 0 Å². The van der Waals surface area contributed by atoms with Crippen LogP contribution in [0.4, 0.5) is 10.1 Å². The van der Waals surface area contributed by atoms with Gasteiger partial charge in [-0.05, 0) is 80.4 Å². The number of rotatable bonds is 7. The molecule has 0 saturated carbocycles. The van der Waals surface area contributed by atoms with Crippen molar-refractivity contribution < 1.29 is 14.0 Å². The van der Waals surface area contributed by atoms with E-state index in [-0.39, 0.29) is 23.8 Å². The lowest BCUT2D eigenvalue weighted by atomic mass is 10.0. The van der Waals surface area contributed by atoms with Crippen LogP contribution < -0.4 is 10.2 Å². The second-order valence-electron chi connectivity index (χ2n) is 9.65. The molecule has 0 saturated heterocycles. The highest BCUT2D eigenvalue weighted by Crippen LogP contribution is 2.29. The van der Waals surface area contributed by atoms with Gasteiger partial charge in [0, 0.05) is 23.6 Å². The molecule has 0 fully saturated rings. The van der Waals surface area contributed by atoms with Crippen LogP contribution in [0.2, 0.25) is 0 Å². The quantitative estimate of drug-likeness (QED) is 0.412. The van der Waals surface area contributed by atoms with E-state index < -0.39 is 23.3 Å². The molecule has 0 aliphatic carbocycles. The van der Waals surface area contributed by atoms with Crippen LogP contribution >= 0.6 is 0 Å². The largest absolute Gasteiger partial charge is 0.349 e. The van der Waals surface area contributed by atoms with E-state index >= 15 is 0 Å². The van der Waals surface area contributed by atoms with Crippen molar-refractivity contribution in [2.24, 2.45) is 0 Å². The van der Waals surface area contributed by atoms with E-state index in [1.54, 1.807) is 42.7 Å². The third-order valence-electron chi connectivity index (χ3n) is 5.42. The Hall–Kier alpha value is -4.47. The number of amides is 2. The van der Waals surface area contributed by atoms with Gasteiger partial charge in [0.2, 0.25) is 11.7 Å². The first kappa shape index (κ1) is 25.6. The number of carbonyl (C=O) groups is 2. The predicted molar refractivity (Wildman–Crippen MR) is 137 cm³/mol. The first-order chi connectivity index (χ1) is 17.6. The van der Waals surface area contributed by atoms with Crippen LogP contribution in [0.3, 0.4) is 0 Å². The number of aromatic nitrogens is 5. The summed E-state index contributed by atoms with van der Waals surface area (Å²) in [6, 6.07) is 15.8. The molecule has 4 aromatic rings. The number of benzene rings is 2. The second-order valence-corrected chi connectivity index (χ2v) is 9.65. The number of nitrogens with zero attached hydrogens (tertiary/aromatic N) is 6. The smallest absolute Gasteiger partial charge is 0.251 e. The molecule has 1 N–H and O–H groups in total. The van der Waals surface area contributed by atoms with Crippen LogP contribution in [0.1, 0.15) is 37.9 Å². The predicted octanol–water partition coefficient (Wildman–Crippen LogP) is 3.87. The minimum atomic E-state index is -0.994. The maximum atomic E-state index is 14.2. The highest BCUT2D eigenvalue weighted by Gasteiger charge is 2.35. The average molecular weight is 502 g/mol. The van der Waals surface area contributed by atoms with Gasteiger partial charge in [0.05, 0.1) is 5.56 Å². The van der Waals surface area contributed by atoms with Gasteiger partial charge in [-0.3, -0.25) is 19.5 Å². The molecule has 0 unspecified atom stereocenters. The van der Waals surface area contributed by atoms with Crippen molar-refractivity contribution in [1.82, 2.24) is 30.5 Å². The summed E-state index contributed by atoms with van der Waals surface area (Å²) in [5.41, 5.74) is 1.68. The molecule has 2 heterocycles. The average Bonchev–Trinajstić information content (AvgIpc) is 3.30. The van der Waals surface area contributed by atoms with Crippen molar-refractivity contribution in [3.63, 3.8) is 0 Å². The third-order valence-corrected chi connectivity index (χ3v) is 5.42. The SMILES string of the molecule is Cc1cccc(N(C(=O)Cn2nnc(-c3ccccc3F)n2)[C@@H](C(=O)NC(C)(C)C)c2ccncc2)c1. The molecule has 2 aromatic heterocycles. The van der Waals surface area contributed by atoms with Gasteiger partial charge in [-0.1, -0.05) is 24.3 Å². The second kappa shape index (κ2) is 10.7. The fourth-order valence-electron chi connectivity index (χ4n) is 3.87. The lowest BCUT2D eigenvalue weighted by molar-refractivity contribution is -0.128. The Bertz CT molecular complexity index is 1400. The molecule has 37 heavy (non-hydrogen) atoms. The molecule has 10 heteroatoms. The van der Waals surface area contributed by atoms with Crippen LogP contribution in [0, 0.1) is 12.7 Å². The zero-order valence-corrected chi connectivity index (χ0v) is 21.1. The van der Waals surface area contributed by atoms with E-state index in [2.05, 4.69) is 25.7 Å². The summed E-state index contributed by atoms with van der Waals surface area (Å²) in [7, 11) is 0. The monoisotopic (exact) mass is 501 g/mol. The van der Waals surface area contributed by atoms with Crippen LogP contribution in [0.5, 0.6) is 0 Å². The minimum absolute atomic E-state index is 0.0594. The third kappa shape index (κ3) is 6.21. The molecule has 0 spiro atoms. The topological polar surface area (TPSA) is 106 Å². The van der Waals surface area contributed by atoms with E-state index in [1.807, 2.05) is 45.9 Å². The van der Waals surface area contributed by atoms with Gasteiger partial charge in [-0.15, -0.1) is 10.2 Å². The zero-order valence-electron chi connectivity index (χ0n) is 21.1. The van der Waals surface area contributed by atoms with Gasteiger partial charge < -0.3 is 5.32 Å². The molecule has 1 atom stereocenters.